The van der Waals surface area contributed by atoms with Crippen LogP contribution in [0.5, 0.6) is 17.2 Å². The number of methoxy groups -OCH3 is 3. The van der Waals surface area contributed by atoms with E-state index in [2.05, 4.69) is 11.6 Å². The largest absolute Gasteiger partial charge is 0.493 e. The summed E-state index contributed by atoms with van der Waals surface area (Å²) < 4.78 is 74.4. The maximum Gasteiger partial charge on any atom is 0.243 e. The second-order valence-corrected chi connectivity index (χ2v) is 14.5. The lowest BCUT2D eigenvalue weighted by Gasteiger charge is -2.29. The summed E-state index contributed by atoms with van der Waals surface area (Å²) in [6.45, 7) is 2.22. The average Bonchev–Trinajstić information content (AvgIpc) is 3.46. The Morgan fingerprint density at radius 1 is 0.875 bits per heavy atom. The van der Waals surface area contributed by atoms with Crippen molar-refractivity contribution in [2.45, 2.75) is 61.5 Å². The number of hydrogen-bond acceptors (Lipinski definition) is 8. The number of benzene rings is 2. The van der Waals surface area contributed by atoms with Crippen molar-refractivity contribution in [3.63, 3.8) is 0 Å². The van der Waals surface area contributed by atoms with Crippen molar-refractivity contribution in [3.8, 4) is 17.2 Å². The normalized spacial score (nSPS) is 18.0. The van der Waals surface area contributed by atoms with Gasteiger partial charge in [-0.15, -0.1) is 11.3 Å². The molecule has 0 saturated heterocycles. The van der Waals surface area contributed by atoms with Crippen LogP contribution in [0, 0.1) is 5.92 Å². The quantitative estimate of drug-likeness (QED) is 0.307. The van der Waals surface area contributed by atoms with Crippen LogP contribution in [0.15, 0.2) is 63.7 Å². The van der Waals surface area contributed by atoms with Crippen LogP contribution in [0.2, 0.25) is 0 Å². The van der Waals surface area contributed by atoms with Crippen LogP contribution in [-0.2, 0) is 33.1 Å². The molecule has 9 nitrogen and oxygen atoms in total. The Kier molecular flexibility index (Phi) is 9.78. The van der Waals surface area contributed by atoms with E-state index >= 15 is 0 Å². The number of sulfonamides is 2. The molecule has 0 spiro atoms. The molecule has 2 aromatic carbocycles. The molecule has 1 aliphatic rings. The predicted octanol–water partition coefficient (Wildman–Crippen LogP) is 5.02. The van der Waals surface area contributed by atoms with Gasteiger partial charge in [0.25, 0.3) is 0 Å². The van der Waals surface area contributed by atoms with Crippen molar-refractivity contribution in [1.82, 2.24) is 9.03 Å². The van der Waals surface area contributed by atoms with Gasteiger partial charge in [-0.2, -0.15) is 4.31 Å². The van der Waals surface area contributed by atoms with Gasteiger partial charge in [0.15, 0.2) is 11.5 Å². The number of thiophene rings is 1. The molecule has 1 heterocycles. The Hall–Kier alpha value is -2.64. The van der Waals surface area contributed by atoms with Crippen molar-refractivity contribution in [1.29, 1.82) is 0 Å². The third-order valence-corrected chi connectivity index (χ3v) is 11.4. The summed E-state index contributed by atoms with van der Waals surface area (Å²) in [6.07, 6.45) is 3.87. The van der Waals surface area contributed by atoms with Crippen LogP contribution in [0.1, 0.15) is 43.0 Å². The Morgan fingerprint density at radius 3 is 2.05 bits per heavy atom. The number of hydrogen-bond donors (Lipinski definition) is 1. The highest BCUT2D eigenvalue weighted by molar-refractivity contribution is 7.89. The molecule has 12 heteroatoms. The van der Waals surface area contributed by atoms with E-state index in [1.165, 1.54) is 61.2 Å². The van der Waals surface area contributed by atoms with Crippen LogP contribution in [0.25, 0.3) is 0 Å². The minimum absolute atomic E-state index is 0.00137. The van der Waals surface area contributed by atoms with Crippen molar-refractivity contribution in [2.75, 3.05) is 21.3 Å². The molecular weight excluding hydrogens is 573 g/mol. The summed E-state index contributed by atoms with van der Waals surface area (Å²) in [5, 5.41) is 1.89. The molecule has 0 radical (unpaired) electrons. The zero-order chi connectivity index (χ0) is 28.9. The van der Waals surface area contributed by atoms with Crippen LogP contribution in [0.3, 0.4) is 0 Å². The molecule has 0 bridgehead atoms. The van der Waals surface area contributed by atoms with Gasteiger partial charge in [-0.25, -0.2) is 21.6 Å². The average molecular weight is 609 g/mol. The fourth-order valence-electron chi connectivity index (χ4n) is 4.93. The second kappa shape index (κ2) is 12.9. The highest BCUT2D eigenvalue weighted by Gasteiger charge is 2.29. The third kappa shape index (κ3) is 6.80. The number of nitrogens with one attached hydrogen (secondary N) is 1. The molecule has 218 valence electrons. The predicted molar refractivity (Wildman–Crippen MR) is 155 cm³/mol. The van der Waals surface area contributed by atoms with Gasteiger partial charge in [0, 0.05) is 24.0 Å². The molecule has 2 atom stereocenters. The monoisotopic (exact) mass is 608 g/mol. The van der Waals surface area contributed by atoms with Gasteiger partial charge in [-0.3, -0.25) is 0 Å². The topological polar surface area (TPSA) is 111 Å². The lowest BCUT2D eigenvalue weighted by Crippen LogP contribution is -2.40. The van der Waals surface area contributed by atoms with Crippen molar-refractivity contribution < 1.29 is 31.0 Å². The highest BCUT2D eigenvalue weighted by atomic mass is 32.2. The molecule has 0 amide bonds. The van der Waals surface area contributed by atoms with Gasteiger partial charge < -0.3 is 14.2 Å². The lowest BCUT2D eigenvalue weighted by atomic mass is 9.87. The van der Waals surface area contributed by atoms with E-state index in [-0.39, 0.29) is 34.8 Å². The SMILES string of the molecule is COc1cc(CN(Cc2cccs2)S(=O)(=O)c2ccc(S(=O)(=O)N[C@@H]3CCCC[C@H]3C)cc2)cc(OC)c1OC. The Balaban J connectivity index is 1.63. The van der Waals surface area contributed by atoms with Crippen LogP contribution in [0.4, 0.5) is 0 Å². The molecule has 1 aliphatic carbocycles. The Bertz CT molecular complexity index is 1460. The standard InChI is InChI=1S/C28H36N2O7S3/c1-20-8-5-6-10-25(20)29-39(31,32)23-11-13-24(14-12-23)40(33,34)30(19-22-9-7-15-38-22)18-21-16-26(35-2)28(37-4)27(17-21)36-3/h7,9,11-17,20,25,29H,5-6,8,10,18-19H2,1-4H3/t20-,25-/m1/s1. The minimum Gasteiger partial charge on any atom is -0.493 e. The van der Waals surface area contributed by atoms with Gasteiger partial charge >= 0.3 is 0 Å². The van der Waals surface area contributed by atoms with Gasteiger partial charge in [0.05, 0.1) is 31.1 Å². The summed E-state index contributed by atoms with van der Waals surface area (Å²) in [7, 11) is -3.30. The molecule has 1 fully saturated rings. The zero-order valence-electron chi connectivity index (χ0n) is 23.1. The van der Waals surface area contributed by atoms with Crippen molar-refractivity contribution in [3.05, 3.63) is 64.4 Å². The molecule has 0 aliphatic heterocycles. The van der Waals surface area contributed by atoms with E-state index in [1.807, 2.05) is 17.5 Å². The molecular formula is C28H36N2O7S3. The summed E-state index contributed by atoms with van der Waals surface area (Å²) in [5.41, 5.74) is 0.639. The second-order valence-electron chi connectivity index (χ2n) is 9.85. The van der Waals surface area contributed by atoms with E-state index in [4.69, 9.17) is 14.2 Å². The third-order valence-electron chi connectivity index (χ3n) is 7.19. The molecule has 3 aromatic rings. The number of nitrogens with zero attached hydrogens (tertiary/aromatic N) is 1. The maximum absolute atomic E-state index is 13.9. The van der Waals surface area contributed by atoms with Crippen LogP contribution in [-0.4, -0.2) is 48.5 Å². The van der Waals surface area contributed by atoms with Crippen molar-refractivity contribution in [2.24, 2.45) is 5.92 Å². The first-order chi connectivity index (χ1) is 19.1. The Morgan fingerprint density at radius 2 is 1.50 bits per heavy atom. The van der Waals surface area contributed by atoms with E-state index < -0.39 is 20.0 Å². The van der Waals surface area contributed by atoms with Crippen LogP contribution < -0.4 is 18.9 Å². The van der Waals surface area contributed by atoms with Crippen LogP contribution >= 0.6 is 11.3 Å². The molecule has 1 N–H and O–H groups in total. The highest BCUT2D eigenvalue weighted by Crippen LogP contribution is 2.39. The smallest absolute Gasteiger partial charge is 0.243 e. The zero-order valence-corrected chi connectivity index (χ0v) is 25.6. The molecule has 40 heavy (non-hydrogen) atoms. The number of rotatable bonds is 12. The first kappa shape index (κ1) is 30.3. The maximum atomic E-state index is 13.9. The fourth-order valence-corrected chi connectivity index (χ4v) is 8.52. The fraction of sp³-hybridized carbons (Fsp3) is 0.429. The summed E-state index contributed by atoms with van der Waals surface area (Å²) >= 11 is 1.45. The summed E-state index contributed by atoms with van der Waals surface area (Å²) in [4.78, 5) is 0.904. The van der Waals surface area contributed by atoms with E-state index in [0.29, 0.717) is 22.8 Å². The minimum atomic E-state index is -4.02. The molecule has 4 rings (SSSR count). The van der Waals surface area contributed by atoms with E-state index in [9.17, 15) is 16.8 Å². The summed E-state index contributed by atoms with van der Waals surface area (Å²) in [6, 6.07) is 12.5. The van der Waals surface area contributed by atoms with Gasteiger partial charge in [-0.1, -0.05) is 25.8 Å². The first-order valence-corrected chi connectivity index (χ1v) is 16.8. The molecule has 1 aromatic heterocycles. The lowest BCUT2D eigenvalue weighted by molar-refractivity contribution is 0.310. The number of ether oxygens (including phenoxy) is 3. The molecule has 1 saturated carbocycles. The first-order valence-electron chi connectivity index (χ1n) is 13.0. The Labute approximate surface area is 241 Å². The van der Waals surface area contributed by atoms with E-state index in [0.717, 1.165) is 30.6 Å². The van der Waals surface area contributed by atoms with Crippen molar-refractivity contribution >= 4 is 31.4 Å². The van der Waals surface area contributed by atoms with Gasteiger partial charge in [0.2, 0.25) is 25.8 Å². The van der Waals surface area contributed by atoms with Gasteiger partial charge in [0.1, 0.15) is 0 Å². The van der Waals surface area contributed by atoms with Gasteiger partial charge in [-0.05, 0) is 72.2 Å². The van der Waals surface area contributed by atoms with E-state index in [1.54, 1.807) is 12.1 Å². The molecule has 0 unspecified atom stereocenters. The summed E-state index contributed by atoms with van der Waals surface area (Å²) in [5.74, 6) is 1.50.